The van der Waals surface area contributed by atoms with E-state index < -0.39 is 0 Å². The monoisotopic (exact) mass is 340 g/mol. The summed E-state index contributed by atoms with van der Waals surface area (Å²) in [6.07, 6.45) is 3.54. The number of rotatable bonds is 7. The highest BCUT2D eigenvalue weighted by Gasteiger charge is 2.17. The molecule has 0 aromatic heterocycles. The highest BCUT2D eigenvalue weighted by atomic mass is 79.9. The molecule has 1 atom stereocenters. The van der Waals surface area contributed by atoms with Gasteiger partial charge in [-0.2, -0.15) is 0 Å². The van der Waals surface area contributed by atoms with E-state index in [1.54, 1.807) is 0 Å². The van der Waals surface area contributed by atoms with Crippen molar-refractivity contribution in [3.63, 3.8) is 0 Å². The largest absolute Gasteiger partial charge is 0.379 e. The lowest BCUT2D eigenvalue weighted by Gasteiger charge is -2.25. The standard InChI is InChI=1S/C16H25BrN2O/c1-19(2)8-10-20-9-7-18-16-6-4-13-11-15(17)5-3-14(13)12-16/h3,5,11,16,18H,4,6-10,12H2,1-2H3. The molecule has 0 amide bonds. The van der Waals surface area contributed by atoms with Crippen LogP contribution in [0.2, 0.25) is 0 Å². The Labute approximate surface area is 130 Å². The normalized spacial score (nSPS) is 18.3. The summed E-state index contributed by atoms with van der Waals surface area (Å²) in [5, 5.41) is 3.61. The average molecular weight is 341 g/mol. The Hall–Kier alpha value is -0.420. The topological polar surface area (TPSA) is 24.5 Å². The maximum Gasteiger partial charge on any atom is 0.0593 e. The van der Waals surface area contributed by atoms with E-state index in [0.29, 0.717) is 6.04 Å². The third-order valence-electron chi connectivity index (χ3n) is 3.76. The van der Waals surface area contributed by atoms with Crippen LogP contribution in [-0.4, -0.2) is 51.3 Å². The summed E-state index contributed by atoms with van der Waals surface area (Å²) in [5.74, 6) is 0. The zero-order chi connectivity index (χ0) is 14.4. The quantitative estimate of drug-likeness (QED) is 0.771. The molecule has 0 saturated heterocycles. The zero-order valence-corrected chi connectivity index (χ0v) is 14.1. The van der Waals surface area contributed by atoms with Gasteiger partial charge in [0.15, 0.2) is 0 Å². The Kier molecular flexibility index (Phi) is 6.49. The lowest BCUT2D eigenvalue weighted by molar-refractivity contribution is 0.117. The maximum atomic E-state index is 5.61. The van der Waals surface area contributed by atoms with Gasteiger partial charge in [-0.1, -0.05) is 22.0 Å². The van der Waals surface area contributed by atoms with Crippen molar-refractivity contribution >= 4 is 15.9 Å². The highest BCUT2D eigenvalue weighted by molar-refractivity contribution is 9.10. The van der Waals surface area contributed by atoms with Crippen molar-refractivity contribution in [2.75, 3.05) is 40.4 Å². The second-order valence-corrected chi connectivity index (χ2v) is 6.64. The van der Waals surface area contributed by atoms with Crippen LogP contribution in [0.4, 0.5) is 0 Å². The van der Waals surface area contributed by atoms with Gasteiger partial charge in [0, 0.05) is 23.6 Å². The second-order valence-electron chi connectivity index (χ2n) is 5.72. The fourth-order valence-electron chi connectivity index (χ4n) is 2.58. The first kappa shape index (κ1) is 16.0. The van der Waals surface area contributed by atoms with Crippen LogP contribution in [0.5, 0.6) is 0 Å². The molecule has 112 valence electrons. The van der Waals surface area contributed by atoms with Crippen LogP contribution in [-0.2, 0) is 17.6 Å². The number of nitrogens with one attached hydrogen (secondary N) is 1. The van der Waals surface area contributed by atoms with E-state index in [0.717, 1.165) is 32.7 Å². The molecule has 3 nitrogen and oxygen atoms in total. The molecule has 1 aliphatic carbocycles. The number of aryl methyl sites for hydroxylation is 1. The number of benzene rings is 1. The van der Waals surface area contributed by atoms with Gasteiger partial charge in [0.25, 0.3) is 0 Å². The van der Waals surface area contributed by atoms with E-state index in [-0.39, 0.29) is 0 Å². The highest BCUT2D eigenvalue weighted by Crippen LogP contribution is 2.24. The summed E-state index contributed by atoms with van der Waals surface area (Å²) < 4.78 is 6.80. The van der Waals surface area contributed by atoms with Gasteiger partial charge in [0.1, 0.15) is 0 Å². The van der Waals surface area contributed by atoms with Gasteiger partial charge in [-0.05, 0) is 56.6 Å². The molecular formula is C16H25BrN2O. The Balaban J connectivity index is 1.65. The molecule has 0 spiro atoms. The SMILES string of the molecule is CN(C)CCOCCNC1CCc2cc(Br)ccc2C1. The number of likely N-dealkylation sites (N-methyl/N-ethyl adjacent to an activating group) is 1. The van der Waals surface area contributed by atoms with Gasteiger partial charge in [0.05, 0.1) is 13.2 Å². The van der Waals surface area contributed by atoms with E-state index in [2.05, 4.69) is 58.4 Å². The summed E-state index contributed by atoms with van der Waals surface area (Å²) in [5.41, 5.74) is 2.99. The minimum absolute atomic E-state index is 0.598. The number of halogens is 1. The van der Waals surface area contributed by atoms with Crippen molar-refractivity contribution in [1.82, 2.24) is 10.2 Å². The number of hydrogen-bond acceptors (Lipinski definition) is 3. The van der Waals surface area contributed by atoms with Crippen molar-refractivity contribution < 1.29 is 4.74 Å². The first-order chi connectivity index (χ1) is 9.65. The third-order valence-corrected chi connectivity index (χ3v) is 4.25. The van der Waals surface area contributed by atoms with Crippen molar-refractivity contribution in [1.29, 1.82) is 0 Å². The molecule has 0 bridgehead atoms. The molecule has 2 rings (SSSR count). The molecule has 1 N–H and O–H groups in total. The van der Waals surface area contributed by atoms with Crippen LogP contribution >= 0.6 is 15.9 Å². The van der Waals surface area contributed by atoms with Gasteiger partial charge in [-0.3, -0.25) is 0 Å². The van der Waals surface area contributed by atoms with Gasteiger partial charge in [0.2, 0.25) is 0 Å². The minimum Gasteiger partial charge on any atom is -0.379 e. The van der Waals surface area contributed by atoms with E-state index in [9.17, 15) is 0 Å². The van der Waals surface area contributed by atoms with Crippen molar-refractivity contribution in [2.45, 2.75) is 25.3 Å². The molecule has 1 aromatic carbocycles. The summed E-state index contributed by atoms with van der Waals surface area (Å²) in [4.78, 5) is 2.14. The number of hydrogen-bond donors (Lipinski definition) is 1. The fraction of sp³-hybridized carbons (Fsp3) is 0.625. The number of fused-ring (bicyclic) bond motifs is 1. The Bertz CT molecular complexity index is 423. The zero-order valence-electron chi connectivity index (χ0n) is 12.5. The van der Waals surface area contributed by atoms with Crippen LogP contribution in [0.1, 0.15) is 17.5 Å². The lowest BCUT2D eigenvalue weighted by atomic mass is 9.88. The molecule has 1 aromatic rings. The van der Waals surface area contributed by atoms with E-state index in [4.69, 9.17) is 4.74 Å². The summed E-state index contributed by atoms with van der Waals surface area (Å²) in [6, 6.07) is 7.25. The molecule has 0 heterocycles. The maximum absolute atomic E-state index is 5.61. The summed E-state index contributed by atoms with van der Waals surface area (Å²) in [7, 11) is 4.14. The molecule has 0 fully saturated rings. The van der Waals surface area contributed by atoms with E-state index in [1.807, 2.05) is 0 Å². The first-order valence-corrected chi connectivity index (χ1v) is 8.17. The summed E-state index contributed by atoms with van der Waals surface area (Å²) >= 11 is 3.55. The Morgan fingerprint density at radius 3 is 2.95 bits per heavy atom. The van der Waals surface area contributed by atoms with Gasteiger partial charge in [-0.15, -0.1) is 0 Å². The number of nitrogens with zero attached hydrogens (tertiary/aromatic N) is 1. The van der Waals surface area contributed by atoms with E-state index >= 15 is 0 Å². The Morgan fingerprint density at radius 2 is 2.15 bits per heavy atom. The lowest BCUT2D eigenvalue weighted by Crippen LogP contribution is -2.36. The van der Waals surface area contributed by atoms with Gasteiger partial charge < -0.3 is 15.0 Å². The fourth-order valence-corrected chi connectivity index (χ4v) is 2.99. The van der Waals surface area contributed by atoms with Crippen LogP contribution in [0.25, 0.3) is 0 Å². The first-order valence-electron chi connectivity index (χ1n) is 7.38. The average Bonchev–Trinajstić information content (AvgIpc) is 2.42. The third kappa shape index (κ3) is 5.17. The van der Waals surface area contributed by atoms with Crippen LogP contribution in [0, 0.1) is 0 Å². The molecule has 1 unspecified atom stereocenters. The smallest absolute Gasteiger partial charge is 0.0593 e. The minimum atomic E-state index is 0.598. The molecule has 0 saturated carbocycles. The summed E-state index contributed by atoms with van der Waals surface area (Å²) in [6.45, 7) is 3.56. The van der Waals surface area contributed by atoms with Crippen molar-refractivity contribution in [3.05, 3.63) is 33.8 Å². The van der Waals surface area contributed by atoms with Gasteiger partial charge in [-0.25, -0.2) is 0 Å². The molecule has 0 radical (unpaired) electrons. The number of ether oxygens (including phenoxy) is 1. The van der Waals surface area contributed by atoms with Crippen LogP contribution in [0.3, 0.4) is 0 Å². The van der Waals surface area contributed by atoms with Crippen LogP contribution in [0.15, 0.2) is 22.7 Å². The van der Waals surface area contributed by atoms with E-state index in [1.165, 1.54) is 28.4 Å². The second kappa shape index (κ2) is 8.13. The molecule has 1 aliphatic rings. The van der Waals surface area contributed by atoms with Crippen molar-refractivity contribution in [3.8, 4) is 0 Å². The molecular weight excluding hydrogens is 316 g/mol. The Morgan fingerprint density at radius 1 is 1.30 bits per heavy atom. The predicted molar refractivity (Wildman–Crippen MR) is 87.3 cm³/mol. The molecule has 20 heavy (non-hydrogen) atoms. The molecule has 0 aliphatic heterocycles. The molecule has 4 heteroatoms. The van der Waals surface area contributed by atoms with Crippen molar-refractivity contribution in [2.24, 2.45) is 0 Å². The van der Waals surface area contributed by atoms with Gasteiger partial charge >= 0.3 is 0 Å². The predicted octanol–water partition coefficient (Wildman–Crippen LogP) is 2.47. The van der Waals surface area contributed by atoms with Crippen LogP contribution < -0.4 is 5.32 Å².